The maximum Gasteiger partial charge on any atom is 0.158 e. The number of rotatable bonds is 5. The van der Waals surface area contributed by atoms with E-state index >= 15 is 0 Å². The van der Waals surface area contributed by atoms with Crippen LogP contribution in [0.2, 0.25) is 0 Å². The minimum Gasteiger partial charge on any atom is -0.295 e. The Morgan fingerprint density at radius 2 is 2.29 bits per heavy atom. The van der Waals surface area contributed by atoms with Crippen molar-refractivity contribution in [3.8, 4) is 0 Å². The molecule has 1 rings (SSSR count). The molecule has 0 unspecified atom stereocenters. The fraction of sp³-hybridized carbons (Fsp3) is 0.333. The first kappa shape index (κ1) is 13.4. The van der Waals surface area contributed by atoms with Gasteiger partial charge in [0.15, 0.2) is 5.78 Å². The van der Waals surface area contributed by atoms with Gasteiger partial charge in [0.25, 0.3) is 0 Å². The average molecular weight is 229 g/mol. The second-order valence-corrected chi connectivity index (χ2v) is 4.00. The lowest BCUT2D eigenvalue weighted by Gasteiger charge is -2.18. The molecule has 0 radical (unpaired) electrons. The smallest absolute Gasteiger partial charge is 0.158 e. The van der Waals surface area contributed by atoms with Gasteiger partial charge in [0.05, 0.1) is 5.70 Å². The molecule has 0 saturated heterocycles. The second-order valence-electron chi connectivity index (χ2n) is 4.00. The lowest BCUT2D eigenvalue weighted by Crippen LogP contribution is -2.08. The monoisotopic (exact) mass is 229 g/mol. The summed E-state index contributed by atoms with van der Waals surface area (Å²) in [6.45, 7) is 11.4. The van der Waals surface area contributed by atoms with Crippen LogP contribution in [-0.4, -0.2) is 12.0 Å². The summed E-state index contributed by atoms with van der Waals surface area (Å²) in [5.74, 6) is 0.230. The number of Topliss-reactive ketones (excluding diaryl/α,β-unsaturated/α-hetero) is 1. The first-order valence-electron chi connectivity index (χ1n) is 5.89. The highest BCUT2D eigenvalue weighted by Crippen LogP contribution is 2.30. The minimum absolute atomic E-state index is 0.230. The minimum atomic E-state index is 0.230. The van der Waals surface area contributed by atoms with Gasteiger partial charge in [-0.3, -0.25) is 9.79 Å². The number of ketones is 1. The standard InChI is InChI=1S/C15H19NO/c1-5-10-16-12(4)13-8-7-9-14(11(13)3)15(17)6-2/h5,8,10H,1,4,6-7,9H2,2-3H3. The van der Waals surface area contributed by atoms with Gasteiger partial charge < -0.3 is 0 Å². The quantitative estimate of drug-likeness (QED) is 0.660. The van der Waals surface area contributed by atoms with Crippen LogP contribution < -0.4 is 0 Å². The van der Waals surface area contributed by atoms with Gasteiger partial charge in [0.1, 0.15) is 0 Å². The van der Waals surface area contributed by atoms with Crippen molar-refractivity contribution in [2.24, 2.45) is 4.99 Å². The summed E-state index contributed by atoms with van der Waals surface area (Å²) in [5.41, 5.74) is 3.64. The molecule has 1 aliphatic rings. The normalized spacial score (nSPS) is 16.0. The van der Waals surface area contributed by atoms with Crippen molar-refractivity contribution in [2.75, 3.05) is 0 Å². The van der Waals surface area contributed by atoms with Gasteiger partial charge in [-0.15, -0.1) is 0 Å². The Labute approximate surface area is 103 Å². The second kappa shape index (κ2) is 6.14. The fourth-order valence-corrected chi connectivity index (χ4v) is 1.97. The summed E-state index contributed by atoms with van der Waals surface area (Å²) < 4.78 is 0. The Bertz CT molecular complexity index is 436. The zero-order chi connectivity index (χ0) is 12.8. The van der Waals surface area contributed by atoms with Crippen molar-refractivity contribution in [3.05, 3.63) is 47.7 Å². The molecular weight excluding hydrogens is 210 g/mol. The highest BCUT2D eigenvalue weighted by molar-refractivity contribution is 5.97. The number of allylic oxidation sites excluding steroid dienone is 4. The third-order valence-corrected chi connectivity index (χ3v) is 2.90. The molecular formula is C15H19NO. The molecule has 0 heterocycles. The van der Waals surface area contributed by atoms with E-state index in [1.807, 2.05) is 13.8 Å². The van der Waals surface area contributed by atoms with Crippen LogP contribution in [0.1, 0.15) is 33.1 Å². The molecule has 2 heteroatoms. The van der Waals surface area contributed by atoms with E-state index in [0.29, 0.717) is 12.1 Å². The summed E-state index contributed by atoms with van der Waals surface area (Å²) in [6.07, 6.45) is 7.61. The van der Waals surface area contributed by atoms with Gasteiger partial charge >= 0.3 is 0 Å². The topological polar surface area (TPSA) is 29.4 Å². The lowest BCUT2D eigenvalue weighted by atomic mass is 9.87. The number of hydrogen-bond acceptors (Lipinski definition) is 2. The molecule has 0 spiro atoms. The van der Waals surface area contributed by atoms with E-state index in [-0.39, 0.29) is 5.78 Å². The van der Waals surface area contributed by atoms with E-state index in [0.717, 1.165) is 29.6 Å². The van der Waals surface area contributed by atoms with E-state index in [1.165, 1.54) is 0 Å². The fourth-order valence-electron chi connectivity index (χ4n) is 1.97. The maximum atomic E-state index is 11.8. The predicted molar refractivity (Wildman–Crippen MR) is 73.1 cm³/mol. The van der Waals surface area contributed by atoms with E-state index in [4.69, 9.17) is 0 Å². The van der Waals surface area contributed by atoms with Gasteiger partial charge in [-0.2, -0.15) is 0 Å². The Hall–Kier alpha value is -1.70. The number of hydrogen-bond donors (Lipinski definition) is 0. The molecule has 0 amide bonds. The van der Waals surface area contributed by atoms with Gasteiger partial charge in [-0.25, -0.2) is 0 Å². The Morgan fingerprint density at radius 1 is 1.59 bits per heavy atom. The van der Waals surface area contributed by atoms with Crippen molar-refractivity contribution in [1.82, 2.24) is 0 Å². The van der Waals surface area contributed by atoms with Crippen LogP contribution in [0.5, 0.6) is 0 Å². The first-order valence-corrected chi connectivity index (χ1v) is 5.89. The van der Waals surface area contributed by atoms with Crippen LogP contribution in [0, 0.1) is 0 Å². The van der Waals surface area contributed by atoms with E-state index in [1.54, 1.807) is 12.3 Å². The van der Waals surface area contributed by atoms with Crippen molar-refractivity contribution in [2.45, 2.75) is 33.1 Å². The van der Waals surface area contributed by atoms with Crippen LogP contribution in [-0.2, 0) is 4.79 Å². The van der Waals surface area contributed by atoms with Crippen LogP contribution in [0.4, 0.5) is 0 Å². The van der Waals surface area contributed by atoms with Crippen LogP contribution in [0.3, 0.4) is 0 Å². The molecule has 17 heavy (non-hydrogen) atoms. The lowest BCUT2D eigenvalue weighted by molar-refractivity contribution is -0.115. The Morgan fingerprint density at radius 3 is 2.88 bits per heavy atom. The van der Waals surface area contributed by atoms with Crippen molar-refractivity contribution < 1.29 is 4.79 Å². The number of carbonyl (C=O) groups excluding carboxylic acids is 1. The molecule has 0 N–H and O–H groups in total. The van der Waals surface area contributed by atoms with Crippen LogP contribution in [0.25, 0.3) is 0 Å². The molecule has 0 aromatic rings. The molecule has 0 aromatic carbocycles. The van der Waals surface area contributed by atoms with Crippen molar-refractivity contribution in [3.63, 3.8) is 0 Å². The highest BCUT2D eigenvalue weighted by atomic mass is 16.1. The van der Waals surface area contributed by atoms with Crippen molar-refractivity contribution in [1.29, 1.82) is 0 Å². The number of aliphatic imine (C=N–C) groups is 1. The molecule has 0 saturated carbocycles. The molecule has 0 aliphatic heterocycles. The van der Waals surface area contributed by atoms with E-state index in [2.05, 4.69) is 24.2 Å². The van der Waals surface area contributed by atoms with Gasteiger partial charge in [0, 0.05) is 12.6 Å². The third kappa shape index (κ3) is 3.13. The van der Waals surface area contributed by atoms with E-state index in [9.17, 15) is 4.79 Å². The molecule has 0 fully saturated rings. The number of carbonyl (C=O) groups is 1. The van der Waals surface area contributed by atoms with E-state index < -0.39 is 0 Å². The van der Waals surface area contributed by atoms with Gasteiger partial charge in [-0.1, -0.05) is 32.2 Å². The van der Waals surface area contributed by atoms with Crippen LogP contribution in [0.15, 0.2) is 52.7 Å². The summed E-state index contributed by atoms with van der Waals surface area (Å²) in [6, 6.07) is 0. The molecule has 2 nitrogen and oxygen atoms in total. The highest BCUT2D eigenvalue weighted by Gasteiger charge is 2.18. The third-order valence-electron chi connectivity index (χ3n) is 2.90. The average Bonchev–Trinajstić information content (AvgIpc) is 2.35. The summed E-state index contributed by atoms with van der Waals surface area (Å²) in [5, 5.41) is 0. The first-order chi connectivity index (χ1) is 8.11. The Kier molecular flexibility index (Phi) is 4.83. The molecule has 1 aliphatic carbocycles. The largest absolute Gasteiger partial charge is 0.295 e. The molecule has 0 aromatic heterocycles. The van der Waals surface area contributed by atoms with Gasteiger partial charge in [0.2, 0.25) is 0 Å². The summed E-state index contributed by atoms with van der Waals surface area (Å²) >= 11 is 0. The SMILES string of the molecule is C=CC=NC(=C)C1=CCCC(C(=O)CC)=C1C. The number of nitrogens with zero attached hydrogens (tertiary/aromatic N) is 1. The Balaban J connectivity index is 3.02. The van der Waals surface area contributed by atoms with Gasteiger partial charge in [-0.05, 0) is 36.5 Å². The summed E-state index contributed by atoms with van der Waals surface area (Å²) in [4.78, 5) is 16.0. The summed E-state index contributed by atoms with van der Waals surface area (Å²) in [7, 11) is 0. The maximum absolute atomic E-state index is 11.8. The molecule has 0 bridgehead atoms. The van der Waals surface area contributed by atoms with Crippen molar-refractivity contribution >= 4 is 12.0 Å². The zero-order valence-electron chi connectivity index (χ0n) is 10.6. The molecule has 0 atom stereocenters. The predicted octanol–water partition coefficient (Wildman–Crippen LogP) is 3.77. The zero-order valence-corrected chi connectivity index (χ0v) is 10.6. The van der Waals surface area contributed by atoms with Crippen LogP contribution >= 0.6 is 0 Å². The molecule has 90 valence electrons.